The Labute approximate surface area is 239 Å². The van der Waals surface area contributed by atoms with Crippen molar-refractivity contribution in [1.82, 2.24) is 19.7 Å². The third kappa shape index (κ3) is 3.77. The average molecular weight is 555 g/mol. The molecular formula is C35H24F2N4O. The molecule has 1 fully saturated rings. The Bertz CT molecular complexity index is 2170. The molecule has 1 aliphatic carbocycles. The number of benzene rings is 4. The molecule has 0 amide bonds. The number of aliphatic hydroxyl groups excluding tert-OH is 1. The van der Waals surface area contributed by atoms with E-state index in [1.807, 2.05) is 54.1 Å². The zero-order valence-corrected chi connectivity index (χ0v) is 22.6. The van der Waals surface area contributed by atoms with Gasteiger partial charge in [0.15, 0.2) is 5.65 Å². The lowest BCUT2D eigenvalue weighted by Crippen LogP contribution is -2.14. The van der Waals surface area contributed by atoms with Crippen LogP contribution in [-0.4, -0.2) is 24.9 Å². The Morgan fingerprint density at radius 3 is 2.17 bits per heavy atom. The summed E-state index contributed by atoms with van der Waals surface area (Å²) in [6.07, 6.45) is 2.04. The Balaban J connectivity index is 1.62. The molecule has 1 aromatic heterocycles. The molecule has 8 rings (SSSR count). The minimum Gasteiger partial charge on any atom is -0.505 e. The second-order valence-electron chi connectivity index (χ2n) is 10.9. The molecule has 0 radical (unpaired) electrons. The van der Waals surface area contributed by atoms with Gasteiger partial charge >= 0.3 is 0 Å². The van der Waals surface area contributed by atoms with Gasteiger partial charge in [0.05, 0.1) is 28.0 Å². The highest BCUT2D eigenvalue weighted by Gasteiger charge is 2.34. The molecule has 204 valence electrons. The minimum atomic E-state index is -0.391. The lowest BCUT2D eigenvalue weighted by Gasteiger charge is -2.07. The highest BCUT2D eigenvalue weighted by atomic mass is 19.1. The zero-order chi connectivity index (χ0) is 28.5. The second-order valence-corrected chi connectivity index (χ2v) is 10.9. The summed E-state index contributed by atoms with van der Waals surface area (Å²) in [4.78, 5) is 10.3. The predicted octanol–water partition coefficient (Wildman–Crippen LogP) is 7.64. The van der Waals surface area contributed by atoms with Gasteiger partial charge in [0.2, 0.25) is 0 Å². The van der Waals surface area contributed by atoms with Crippen molar-refractivity contribution in [2.24, 2.45) is 0 Å². The van der Waals surface area contributed by atoms with E-state index in [4.69, 9.17) is 15.1 Å². The van der Waals surface area contributed by atoms with Crippen LogP contribution in [0.1, 0.15) is 35.6 Å². The van der Waals surface area contributed by atoms with Crippen LogP contribution in [0, 0.1) is 18.6 Å². The van der Waals surface area contributed by atoms with Gasteiger partial charge in [0, 0.05) is 33.6 Å². The molecular weight excluding hydrogens is 530 g/mol. The summed E-state index contributed by atoms with van der Waals surface area (Å²) in [5.41, 5.74) is 7.68. The summed E-state index contributed by atoms with van der Waals surface area (Å²) in [5, 5.41) is 18.9. The summed E-state index contributed by atoms with van der Waals surface area (Å²) in [6, 6.07) is 25.9. The molecule has 5 aromatic rings. The number of rotatable bonds is 4. The minimum absolute atomic E-state index is 0.0669. The molecule has 3 aliphatic rings. The van der Waals surface area contributed by atoms with Crippen LogP contribution >= 0.6 is 0 Å². The third-order valence-corrected chi connectivity index (χ3v) is 8.13. The van der Waals surface area contributed by atoms with E-state index in [2.05, 4.69) is 0 Å². The van der Waals surface area contributed by atoms with Gasteiger partial charge in [-0.15, -0.1) is 0 Å². The van der Waals surface area contributed by atoms with Gasteiger partial charge in [-0.25, -0.2) is 23.4 Å². The van der Waals surface area contributed by atoms with Crippen LogP contribution in [0.4, 0.5) is 8.78 Å². The molecule has 0 spiro atoms. The van der Waals surface area contributed by atoms with Crippen LogP contribution in [0.5, 0.6) is 0 Å². The van der Waals surface area contributed by atoms with E-state index in [0.29, 0.717) is 22.3 Å². The maximum Gasteiger partial charge on any atom is 0.164 e. The Morgan fingerprint density at radius 2 is 1.48 bits per heavy atom. The molecule has 1 saturated carbocycles. The fourth-order valence-corrected chi connectivity index (χ4v) is 5.94. The van der Waals surface area contributed by atoms with E-state index in [9.17, 15) is 13.9 Å². The summed E-state index contributed by atoms with van der Waals surface area (Å²) in [6.45, 7) is 1.98. The third-order valence-electron chi connectivity index (χ3n) is 8.13. The van der Waals surface area contributed by atoms with E-state index in [0.717, 1.165) is 62.8 Å². The van der Waals surface area contributed by atoms with Crippen molar-refractivity contribution in [3.05, 3.63) is 125 Å². The first-order valence-corrected chi connectivity index (χ1v) is 13.9. The smallest absolute Gasteiger partial charge is 0.164 e. The molecule has 2 aliphatic heterocycles. The van der Waals surface area contributed by atoms with Gasteiger partial charge in [0.25, 0.3) is 0 Å². The van der Waals surface area contributed by atoms with Crippen molar-refractivity contribution in [2.45, 2.75) is 25.7 Å². The molecule has 5 nitrogen and oxygen atoms in total. The number of hydrogen-bond donors (Lipinski definition) is 1. The number of aryl methyl sites for hydroxylation is 1. The van der Waals surface area contributed by atoms with Crippen LogP contribution in [-0.2, 0) is 0 Å². The summed E-state index contributed by atoms with van der Waals surface area (Å²) in [5.74, 6) is -0.507. The zero-order valence-electron chi connectivity index (χ0n) is 22.6. The number of halogens is 2. The predicted molar refractivity (Wildman–Crippen MR) is 160 cm³/mol. The molecule has 0 atom stereocenters. The van der Waals surface area contributed by atoms with Crippen molar-refractivity contribution < 1.29 is 13.9 Å². The molecule has 1 N–H and O–H groups in total. The SMILES string of the molecule is Cc1ccc2nc(-c3ccc(F)cc3)c3c4c(C5CC5)nn(-c5ccccc5)c4n/c(=C(/O)c4ccc(F)cc4)c1c2-3. The van der Waals surface area contributed by atoms with Crippen LogP contribution in [0.15, 0.2) is 91.0 Å². The lowest BCUT2D eigenvalue weighted by atomic mass is 9.93. The summed E-state index contributed by atoms with van der Waals surface area (Å²) in [7, 11) is 0. The summed E-state index contributed by atoms with van der Waals surface area (Å²) < 4.78 is 29.7. The van der Waals surface area contributed by atoms with Crippen molar-refractivity contribution in [3.8, 4) is 28.1 Å². The molecule has 0 bridgehead atoms. The number of fused-ring (bicyclic) bond motifs is 2. The molecule has 3 heterocycles. The van der Waals surface area contributed by atoms with E-state index >= 15 is 0 Å². The molecule has 0 unspecified atom stereocenters. The van der Waals surface area contributed by atoms with E-state index < -0.39 is 5.82 Å². The fraction of sp³-hybridized carbons (Fsp3) is 0.114. The Hall–Kier alpha value is -5.17. The summed E-state index contributed by atoms with van der Waals surface area (Å²) >= 11 is 0. The monoisotopic (exact) mass is 554 g/mol. The second kappa shape index (κ2) is 9.17. The van der Waals surface area contributed by atoms with Gasteiger partial charge in [-0.1, -0.05) is 24.3 Å². The lowest BCUT2D eigenvalue weighted by molar-refractivity contribution is 0.506. The van der Waals surface area contributed by atoms with E-state index in [1.165, 1.54) is 24.3 Å². The molecule has 42 heavy (non-hydrogen) atoms. The molecule has 7 heteroatoms. The van der Waals surface area contributed by atoms with Gasteiger partial charge in [-0.2, -0.15) is 5.10 Å². The number of aliphatic hydroxyl groups is 1. The van der Waals surface area contributed by atoms with Crippen LogP contribution in [0.25, 0.3) is 55.8 Å². The maximum absolute atomic E-state index is 14.0. The van der Waals surface area contributed by atoms with Crippen molar-refractivity contribution in [2.75, 3.05) is 0 Å². The van der Waals surface area contributed by atoms with Crippen LogP contribution < -0.4 is 5.35 Å². The van der Waals surface area contributed by atoms with Gasteiger partial charge in [0.1, 0.15) is 22.7 Å². The fourth-order valence-electron chi connectivity index (χ4n) is 5.94. The molecule has 4 aromatic carbocycles. The van der Waals surface area contributed by atoms with Gasteiger partial charge < -0.3 is 5.11 Å². The highest BCUT2D eigenvalue weighted by molar-refractivity contribution is 6.13. The highest BCUT2D eigenvalue weighted by Crippen LogP contribution is 2.49. The average Bonchev–Trinajstić information content (AvgIpc) is 3.72. The van der Waals surface area contributed by atoms with Crippen LogP contribution in [0.2, 0.25) is 0 Å². The Kier molecular flexibility index (Phi) is 5.38. The van der Waals surface area contributed by atoms with Crippen molar-refractivity contribution >= 4 is 27.7 Å². The number of nitrogens with zero attached hydrogens (tertiary/aromatic N) is 4. The quantitative estimate of drug-likeness (QED) is 0.243. The van der Waals surface area contributed by atoms with Crippen molar-refractivity contribution in [3.63, 3.8) is 0 Å². The van der Waals surface area contributed by atoms with Gasteiger partial charge in [-0.3, -0.25) is 0 Å². The van der Waals surface area contributed by atoms with Crippen molar-refractivity contribution in [1.29, 1.82) is 0 Å². The van der Waals surface area contributed by atoms with Gasteiger partial charge in [-0.05, 0) is 92.1 Å². The molecule has 0 saturated heterocycles. The Morgan fingerprint density at radius 1 is 0.786 bits per heavy atom. The first-order chi connectivity index (χ1) is 20.5. The largest absolute Gasteiger partial charge is 0.505 e. The van der Waals surface area contributed by atoms with E-state index in [-0.39, 0.29) is 17.5 Å². The maximum atomic E-state index is 14.0. The standard InChI is InChI=1S/C35H24F2N4O/c1-19-7-18-26-28-27(19)33(34(42)22-12-16-24(37)17-13-22)39-35-30(29(28)31(38-26)20-10-14-23(36)15-11-20)32(21-8-9-21)40-41(35)25-5-3-2-4-6-25/h2-7,10-18,21,42H,8-9H2,1H3/b34-33+. The first kappa shape index (κ1) is 24.6. The normalized spacial score (nSPS) is 14.3. The van der Waals surface area contributed by atoms with E-state index in [1.54, 1.807) is 24.3 Å². The topological polar surface area (TPSA) is 63.8 Å². The number of para-hydroxylation sites is 1. The number of hydrogen-bond acceptors (Lipinski definition) is 4. The number of aromatic nitrogens is 4. The first-order valence-electron chi connectivity index (χ1n) is 13.9. The van der Waals surface area contributed by atoms with Crippen LogP contribution in [0.3, 0.4) is 0 Å².